The smallest absolute Gasteiger partial charge is 0.252 e. The van der Waals surface area contributed by atoms with Gasteiger partial charge in [-0.2, -0.15) is 4.98 Å². The Kier molecular flexibility index (Phi) is 4.70. The SMILES string of the molecule is Cc1ccccc1N=Nc1sc(SCC(N)=O)nc1O. The molecule has 0 spiro atoms. The Morgan fingerprint density at radius 3 is 2.90 bits per heavy atom. The summed E-state index contributed by atoms with van der Waals surface area (Å²) in [6, 6.07) is 7.54. The molecule has 3 N–H and O–H groups in total. The second kappa shape index (κ2) is 6.49. The van der Waals surface area contributed by atoms with Gasteiger partial charge in [-0.25, -0.2) is 0 Å². The van der Waals surface area contributed by atoms with Crippen LogP contribution in [0.15, 0.2) is 38.8 Å². The molecule has 0 saturated carbocycles. The van der Waals surface area contributed by atoms with Gasteiger partial charge in [-0.1, -0.05) is 41.3 Å². The van der Waals surface area contributed by atoms with Gasteiger partial charge >= 0.3 is 0 Å². The largest absolute Gasteiger partial charge is 0.491 e. The molecular weight excluding hydrogens is 296 g/mol. The fraction of sp³-hybridized carbons (Fsp3) is 0.167. The van der Waals surface area contributed by atoms with Crippen molar-refractivity contribution in [3.8, 4) is 5.88 Å². The zero-order chi connectivity index (χ0) is 14.5. The number of thiazole rings is 1. The standard InChI is InChI=1S/C12H12N4O2S2/c1-7-4-2-3-5-8(7)15-16-11-10(18)14-12(20-11)19-6-9(13)17/h2-5,18H,6H2,1H3,(H2,13,17). The number of nitrogens with two attached hydrogens (primary N) is 1. The van der Waals surface area contributed by atoms with Crippen LogP contribution < -0.4 is 5.73 Å². The number of thioether (sulfide) groups is 1. The second-order valence-corrected chi connectivity index (χ2v) is 6.05. The summed E-state index contributed by atoms with van der Waals surface area (Å²) in [6.07, 6.45) is 0. The molecule has 6 nitrogen and oxygen atoms in total. The van der Waals surface area contributed by atoms with Crippen molar-refractivity contribution in [2.45, 2.75) is 11.3 Å². The summed E-state index contributed by atoms with van der Waals surface area (Å²) in [5, 5.41) is 18.0. The lowest BCUT2D eigenvalue weighted by Gasteiger charge is -1.95. The third-order valence-corrected chi connectivity index (χ3v) is 4.37. The maximum absolute atomic E-state index is 10.7. The number of benzene rings is 1. The molecule has 20 heavy (non-hydrogen) atoms. The van der Waals surface area contributed by atoms with E-state index < -0.39 is 5.91 Å². The molecule has 1 heterocycles. The van der Waals surface area contributed by atoms with E-state index in [0.717, 1.165) is 34.3 Å². The number of rotatable bonds is 5. The first-order chi connectivity index (χ1) is 9.56. The van der Waals surface area contributed by atoms with Crippen LogP contribution >= 0.6 is 23.1 Å². The van der Waals surface area contributed by atoms with Crippen molar-refractivity contribution in [3.05, 3.63) is 29.8 Å². The summed E-state index contributed by atoms with van der Waals surface area (Å²) in [7, 11) is 0. The first-order valence-electron chi connectivity index (χ1n) is 5.64. The van der Waals surface area contributed by atoms with Gasteiger partial charge in [0.1, 0.15) is 0 Å². The van der Waals surface area contributed by atoms with E-state index in [1.165, 1.54) is 0 Å². The molecule has 0 aliphatic heterocycles. The molecule has 8 heteroatoms. The number of aryl methyl sites for hydroxylation is 1. The summed E-state index contributed by atoms with van der Waals surface area (Å²) in [6.45, 7) is 1.93. The fourth-order valence-corrected chi connectivity index (χ4v) is 2.90. The molecule has 0 bridgehead atoms. The minimum Gasteiger partial charge on any atom is -0.491 e. The van der Waals surface area contributed by atoms with Crippen LogP contribution in [0.3, 0.4) is 0 Å². The van der Waals surface area contributed by atoms with E-state index in [2.05, 4.69) is 15.2 Å². The highest BCUT2D eigenvalue weighted by molar-refractivity contribution is 8.01. The van der Waals surface area contributed by atoms with Gasteiger partial charge in [0, 0.05) is 0 Å². The molecule has 0 aliphatic carbocycles. The topological polar surface area (TPSA) is 101 Å². The van der Waals surface area contributed by atoms with Gasteiger partial charge in [0.25, 0.3) is 5.88 Å². The van der Waals surface area contributed by atoms with Gasteiger partial charge in [-0.15, -0.1) is 10.2 Å². The van der Waals surface area contributed by atoms with Crippen molar-refractivity contribution in [3.63, 3.8) is 0 Å². The van der Waals surface area contributed by atoms with E-state index in [0.29, 0.717) is 9.34 Å². The number of azo groups is 1. The quantitative estimate of drug-likeness (QED) is 0.654. The van der Waals surface area contributed by atoms with Gasteiger partial charge < -0.3 is 10.8 Å². The zero-order valence-electron chi connectivity index (χ0n) is 10.6. The summed E-state index contributed by atoms with van der Waals surface area (Å²) in [4.78, 5) is 14.6. The van der Waals surface area contributed by atoms with E-state index in [9.17, 15) is 9.90 Å². The average Bonchev–Trinajstić information content (AvgIpc) is 2.76. The molecule has 0 saturated heterocycles. The summed E-state index contributed by atoms with van der Waals surface area (Å²) in [5.41, 5.74) is 6.77. The summed E-state index contributed by atoms with van der Waals surface area (Å²) in [5.74, 6) is -0.520. The molecule has 0 unspecified atom stereocenters. The third kappa shape index (κ3) is 3.78. The highest BCUT2D eigenvalue weighted by atomic mass is 32.2. The monoisotopic (exact) mass is 308 g/mol. The molecule has 1 aromatic carbocycles. The first kappa shape index (κ1) is 14.5. The molecule has 0 fully saturated rings. The van der Waals surface area contributed by atoms with Crippen LogP contribution in [-0.4, -0.2) is 21.8 Å². The average molecular weight is 308 g/mol. The number of primary amides is 1. The van der Waals surface area contributed by atoms with E-state index in [-0.39, 0.29) is 11.6 Å². The van der Waals surface area contributed by atoms with Crippen LogP contribution in [0.2, 0.25) is 0 Å². The Labute approximate surface area is 123 Å². The van der Waals surface area contributed by atoms with Gasteiger partial charge in [0.05, 0.1) is 11.4 Å². The molecular formula is C12H12N4O2S2. The molecule has 1 aromatic heterocycles. The van der Waals surface area contributed by atoms with Crippen LogP contribution in [-0.2, 0) is 4.79 Å². The molecule has 0 radical (unpaired) electrons. The molecule has 104 valence electrons. The Balaban J connectivity index is 2.13. The number of aromatic nitrogens is 1. The maximum atomic E-state index is 10.7. The molecule has 0 aliphatic rings. The Bertz CT molecular complexity index is 655. The van der Waals surface area contributed by atoms with Crippen molar-refractivity contribution in [2.75, 3.05) is 5.75 Å². The van der Waals surface area contributed by atoms with Gasteiger partial charge in [0.2, 0.25) is 10.9 Å². The van der Waals surface area contributed by atoms with Crippen LogP contribution in [0, 0.1) is 6.92 Å². The number of hydrogen-bond acceptors (Lipinski definition) is 7. The van der Waals surface area contributed by atoms with E-state index >= 15 is 0 Å². The highest BCUT2D eigenvalue weighted by Gasteiger charge is 2.11. The minimum absolute atomic E-state index is 0.112. The molecule has 2 rings (SSSR count). The lowest BCUT2D eigenvalue weighted by molar-refractivity contribution is -0.115. The number of carbonyl (C=O) groups excluding carboxylic acids is 1. The predicted molar refractivity (Wildman–Crippen MR) is 79.1 cm³/mol. The summed E-state index contributed by atoms with van der Waals surface area (Å²) >= 11 is 2.32. The van der Waals surface area contributed by atoms with Crippen molar-refractivity contribution in [1.29, 1.82) is 0 Å². The van der Waals surface area contributed by atoms with Crippen LogP contribution in [0.1, 0.15) is 5.56 Å². The van der Waals surface area contributed by atoms with Crippen molar-refractivity contribution in [2.24, 2.45) is 16.0 Å². The number of nitrogens with zero attached hydrogens (tertiary/aromatic N) is 3. The van der Waals surface area contributed by atoms with Gasteiger partial charge in [-0.3, -0.25) is 4.79 Å². The minimum atomic E-state index is -0.437. The Morgan fingerprint density at radius 1 is 1.45 bits per heavy atom. The van der Waals surface area contributed by atoms with Crippen molar-refractivity contribution >= 4 is 39.7 Å². The van der Waals surface area contributed by atoms with Crippen LogP contribution in [0.5, 0.6) is 5.88 Å². The number of aromatic hydroxyl groups is 1. The zero-order valence-corrected chi connectivity index (χ0v) is 12.2. The van der Waals surface area contributed by atoms with E-state index in [1.807, 2.05) is 31.2 Å². The van der Waals surface area contributed by atoms with Crippen LogP contribution in [0.25, 0.3) is 0 Å². The highest BCUT2D eigenvalue weighted by Crippen LogP contribution is 2.38. The Hall–Kier alpha value is -1.93. The number of carbonyl (C=O) groups is 1. The first-order valence-corrected chi connectivity index (χ1v) is 7.44. The Morgan fingerprint density at radius 2 is 2.20 bits per heavy atom. The number of amides is 1. The predicted octanol–water partition coefficient (Wildman–Crippen LogP) is 3.15. The lowest BCUT2D eigenvalue weighted by atomic mass is 10.2. The van der Waals surface area contributed by atoms with Crippen molar-refractivity contribution < 1.29 is 9.90 Å². The number of hydrogen-bond donors (Lipinski definition) is 2. The third-order valence-electron chi connectivity index (χ3n) is 2.27. The van der Waals surface area contributed by atoms with E-state index in [4.69, 9.17) is 5.73 Å². The molecule has 1 amide bonds. The van der Waals surface area contributed by atoms with Crippen molar-refractivity contribution in [1.82, 2.24) is 4.98 Å². The molecule has 2 aromatic rings. The fourth-order valence-electron chi connectivity index (χ4n) is 1.32. The van der Waals surface area contributed by atoms with E-state index in [1.54, 1.807) is 0 Å². The van der Waals surface area contributed by atoms with Crippen LogP contribution in [0.4, 0.5) is 10.7 Å². The maximum Gasteiger partial charge on any atom is 0.252 e. The lowest BCUT2D eigenvalue weighted by Crippen LogP contribution is -2.12. The normalized spacial score (nSPS) is 11.1. The van der Waals surface area contributed by atoms with Gasteiger partial charge in [-0.05, 0) is 18.6 Å². The summed E-state index contributed by atoms with van der Waals surface area (Å²) < 4.78 is 0.528. The van der Waals surface area contributed by atoms with Gasteiger partial charge in [0.15, 0.2) is 4.34 Å². The molecule has 0 atom stereocenters. The second-order valence-electron chi connectivity index (χ2n) is 3.85.